The van der Waals surface area contributed by atoms with Gasteiger partial charge in [-0.1, -0.05) is 20.8 Å². The maximum atomic E-state index is 12.5. The lowest BCUT2D eigenvalue weighted by Gasteiger charge is -2.36. The zero-order valence-corrected chi connectivity index (χ0v) is 15.4. The molecule has 2 aliphatic carbocycles. The summed E-state index contributed by atoms with van der Waals surface area (Å²) in [6.07, 6.45) is 8.39. The number of ether oxygens (including phenoxy) is 1. The first-order valence-electron chi connectivity index (χ1n) is 9.39. The first kappa shape index (κ1) is 18.6. The molecule has 0 spiro atoms. The molecule has 0 atom stereocenters. The van der Waals surface area contributed by atoms with Crippen molar-refractivity contribution in [3.63, 3.8) is 0 Å². The van der Waals surface area contributed by atoms with Crippen LogP contribution in [0.15, 0.2) is 0 Å². The van der Waals surface area contributed by atoms with E-state index in [9.17, 15) is 9.59 Å². The van der Waals surface area contributed by atoms with Crippen LogP contribution in [0.25, 0.3) is 0 Å². The van der Waals surface area contributed by atoms with Crippen LogP contribution < -0.4 is 0 Å². The minimum absolute atomic E-state index is 0.0938. The van der Waals surface area contributed by atoms with Crippen molar-refractivity contribution in [1.29, 1.82) is 0 Å². The summed E-state index contributed by atoms with van der Waals surface area (Å²) < 4.78 is 5.35. The first-order valence-corrected chi connectivity index (χ1v) is 9.39. The van der Waals surface area contributed by atoms with Gasteiger partial charge in [0.25, 0.3) is 0 Å². The van der Waals surface area contributed by atoms with E-state index in [1.165, 1.54) is 0 Å². The number of Topliss-reactive ketones (excluding diaryl/α,β-unsaturated/α-hetero) is 2. The van der Waals surface area contributed by atoms with Gasteiger partial charge in [0.2, 0.25) is 0 Å². The number of methoxy groups -OCH3 is 1. The van der Waals surface area contributed by atoms with E-state index in [4.69, 9.17) is 4.74 Å². The molecule has 0 amide bonds. The molecule has 0 N–H and O–H groups in total. The Morgan fingerprint density at radius 2 is 1.26 bits per heavy atom. The third-order valence-electron chi connectivity index (χ3n) is 6.22. The SMILES string of the molecule is COC1CCC(C(=O)CC(=O)C2CCC(C(C)(C)C)CC2)CC1. The van der Waals surface area contributed by atoms with E-state index >= 15 is 0 Å². The molecule has 132 valence electrons. The Bertz CT molecular complexity index is 405. The second kappa shape index (κ2) is 7.92. The molecule has 0 aromatic carbocycles. The fourth-order valence-electron chi connectivity index (χ4n) is 4.36. The normalized spacial score (nSPS) is 32.5. The summed E-state index contributed by atoms with van der Waals surface area (Å²) in [4.78, 5) is 24.9. The summed E-state index contributed by atoms with van der Waals surface area (Å²) >= 11 is 0. The summed E-state index contributed by atoms with van der Waals surface area (Å²) in [6, 6.07) is 0. The Hall–Kier alpha value is -0.700. The molecule has 2 fully saturated rings. The maximum absolute atomic E-state index is 12.5. The number of hydrogen-bond donors (Lipinski definition) is 0. The fraction of sp³-hybridized carbons (Fsp3) is 0.900. The zero-order valence-electron chi connectivity index (χ0n) is 15.4. The van der Waals surface area contributed by atoms with Crippen LogP contribution in [0, 0.1) is 23.2 Å². The van der Waals surface area contributed by atoms with E-state index in [2.05, 4.69) is 20.8 Å². The van der Waals surface area contributed by atoms with Crippen molar-refractivity contribution in [2.45, 2.75) is 84.7 Å². The molecule has 2 rings (SSSR count). The summed E-state index contributed by atoms with van der Waals surface area (Å²) in [5.41, 5.74) is 0.337. The molecule has 3 nitrogen and oxygen atoms in total. The maximum Gasteiger partial charge on any atom is 0.143 e. The van der Waals surface area contributed by atoms with Crippen molar-refractivity contribution in [2.75, 3.05) is 7.11 Å². The van der Waals surface area contributed by atoms with Gasteiger partial charge in [0, 0.05) is 18.9 Å². The minimum atomic E-state index is 0.0938. The van der Waals surface area contributed by atoms with Gasteiger partial charge >= 0.3 is 0 Å². The minimum Gasteiger partial charge on any atom is -0.381 e. The highest BCUT2D eigenvalue weighted by atomic mass is 16.5. The van der Waals surface area contributed by atoms with Crippen molar-refractivity contribution in [1.82, 2.24) is 0 Å². The van der Waals surface area contributed by atoms with Gasteiger partial charge in [0.05, 0.1) is 12.5 Å². The topological polar surface area (TPSA) is 43.4 Å². The molecule has 0 bridgehead atoms. The standard InChI is InChI=1S/C20H34O3/c1-20(2,3)16-9-5-14(6-10-16)18(21)13-19(22)15-7-11-17(23-4)12-8-15/h14-17H,5-13H2,1-4H3. The average molecular weight is 322 g/mol. The van der Waals surface area contributed by atoms with Gasteiger partial charge in [-0.05, 0) is 62.7 Å². The van der Waals surface area contributed by atoms with Crippen molar-refractivity contribution in [2.24, 2.45) is 23.2 Å². The fourth-order valence-corrected chi connectivity index (χ4v) is 4.36. The van der Waals surface area contributed by atoms with Crippen LogP contribution >= 0.6 is 0 Å². The van der Waals surface area contributed by atoms with E-state index in [1.807, 2.05) is 0 Å². The van der Waals surface area contributed by atoms with Gasteiger partial charge in [-0.15, -0.1) is 0 Å². The Labute approximate surface area is 141 Å². The highest BCUT2D eigenvalue weighted by Crippen LogP contribution is 2.40. The van der Waals surface area contributed by atoms with E-state index in [1.54, 1.807) is 7.11 Å². The number of ketones is 2. The molecule has 2 aliphatic rings. The van der Waals surface area contributed by atoms with E-state index in [-0.39, 0.29) is 29.8 Å². The second-order valence-electron chi connectivity index (χ2n) is 8.73. The Kier molecular flexibility index (Phi) is 6.41. The number of rotatable bonds is 5. The Balaban J connectivity index is 1.76. The molecule has 0 saturated heterocycles. The van der Waals surface area contributed by atoms with Crippen LogP contribution in [0.3, 0.4) is 0 Å². The zero-order chi connectivity index (χ0) is 17.0. The molecule has 2 saturated carbocycles. The molecular formula is C20H34O3. The summed E-state index contributed by atoms with van der Waals surface area (Å²) in [6.45, 7) is 6.87. The van der Waals surface area contributed by atoms with Crippen molar-refractivity contribution < 1.29 is 14.3 Å². The van der Waals surface area contributed by atoms with E-state index < -0.39 is 0 Å². The van der Waals surface area contributed by atoms with Crippen LogP contribution in [0.5, 0.6) is 0 Å². The summed E-state index contributed by atoms with van der Waals surface area (Å²) in [5.74, 6) is 1.33. The van der Waals surface area contributed by atoms with Crippen molar-refractivity contribution in [3.8, 4) is 0 Å². The van der Waals surface area contributed by atoms with Crippen molar-refractivity contribution >= 4 is 11.6 Å². The van der Waals surface area contributed by atoms with Crippen LogP contribution in [0.4, 0.5) is 0 Å². The molecular weight excluding hydrogens is 288 g/mol. The Morgan fingerprint density at radius 1 is 0.826 bits per heavy atom. The number of hydrogen-bond acceptors (Lipinski definition) is 3. The number of carbonyl (C=O) groups excluding carboxylic acids is 2. The van der Waals surface area contributed by atoms with Gasteiger partial charge in [0.1, 0.15) is 11.6 Å². The molecule has 0 heterocycles. The molecule has 0 aromatic heterocycles. The van der Waals surface area contributed by atoms with Gasteiger partial charge in [-0.2, -0.15) is 0 Å². The molecule has 0 aromatic rings. The highest BCUT2D eigenvalue weighted by molar-refractivity contribution is 6.01. The third kappa shape index (κ3) is 5.14. The predicted octanol–water partition coefficient (Wildman–Crippen LogP) is 4.57. The molecule has 3 heteroatoms. The lowest BCUT2D eigenvalue weighted by molar-refractivity contribution is -0.133. The lowest BCUT2D eigenvalue weighted by atomic mass is 9.68. The van der Waals surface area contributed by atoms with Gasteiger partial charge in [0.15, 0.2) is 0 Å². The lowest BCUT2D eigenvalue weighted by Crippen LogP contribution is -2.31. The summed E-state index contributed by atoms with van der Waals surface area (Å²) in [5, 5.41) is 0. The van der Waals surface area contributed by atoms with Crippen LogP contribution in [-0.2, 0) is 14.3 Å². The Morgan fingerprint density at radius 3 is 1.65 bits per heavy atom. The van der Waals surface area contributed by atoms with Gasteiger partial charge < -0.3 is 4.74 Å². The largest absolute Gasteiger partial charge is 0.381 e. The van der Waals surface area contributed by atoms with Gasteiger partial charge in [-0.3, -0.25) is 9.59 Å². The second-order valence-corrected chi connectivity index (χ2v) is 8.73. The van der Waals surface area contributed by atoms with Crippen molar-refractivity contribution in [3.05, 3.63) is 0 Å². The van der Waals surface area contributed by atoms with E-state index in [0.717, 1.165) is 51.4 Å². The quantitative estimate of drug-likeness (QED) is 0.696. The molecule has 0 unspecified atom stereocenters. The predicted molar refractivity (Wildman–Crippen MR) is 92.3 cm³/mol. The smallest absolute Gasteiger partial charge is 0.143 e. The van der Waals surface area contributed by atoms with Gasteiger partial charge in [-0.25, -0.2) is 0 Å². The highest BCUT2D eigenvalue weighted by Gasteiger charge is 2.34. The molecule has 0 radical (unpaired) electrons. The molecule has 23 heavy (non-hydrogen) atoms. The average Bonchev–Trinajstić information content (AvgIpc) is 2.54. The van der Waals surface area contributed by atoms with Crippen LogP contribution in [0.2, 0.25) is 0 Å². The first-order chi connectivity index (χ1) is 10.8. The molecule has 0 aliphatic heterocycles. The third-order valence-corrected chi connectivity index (χ3v) is 6.22. The monoisotopic (exact) mass is 322 g/mol. The van der Waals surface area contributed by atoms with Crippen LogP contribution in [0.1, 0.15) is 78.6 Å². The van der Waals surface area contributed by atoms with E-state index in [0.29, 0.717) is 17.4 Å². The van der Waals surface area contributed by atoms with Crippen LogP contribution in [-0.4, -0.2) is 24.8 Å². The summed E-state index contributed by atoms with van der Waals surface area (Å²) in [7, 11) is 1.74. The number of carbonyl (C=O) groups is 2.